The predicted molar refractivity (Wildman–Crippen MR) is 120 cm³/mol. The Morgan fingerprint density at radius 2 is 1.81 bits per heavy atom. The van der Waals surface area contributed by atoms with Gasteiger partial charge < -0.3 is 20.1 Å². The van der Waals surface area contributed by atoms with Crippen LogP contribution in [-0.2, 0) is 9.53 Å². The Balaban J connectivity index is 1.93. The maximum absolute atomic E-state index is 13.0. The van der Waals surface area contributed by atoms with Crippen molar-refractivity contribution in [2.24, 2.45) is 11.8 Å². The second-order valence-electron chi connectivity index (χ2n) is 9.02. The minimum Gasteiger partial charge on any atom is -0.491 e. The molecule has 2 N–H and O–H groups in total. The molecule has 2 heterocycles. The lowest BCUT2D eigenvalue weighted by Gasteiger charge is -2.37. The summed E-state index contributed by atoms with van der Waals surface area (Å²) in [5, 5.41) is 5.78. The van der Waals surface area contributed by atoms with E-state index in [9.17, 15) is 9.59 Å². The molecule has 170 valence electrons. The predicted octanol–water partition coefficient (Wildman–Crippen LogP) is 3.62. The molecule has 3 rings (SSSR count). The third-order valence-electron chi connectivity index (χ3n) is 5.56. The van der Waals surface area contributed by atoms with E-state index in [-0.39, 0.29) is 18.7 Å². The minimum absolute atomic E-state index is 0.0698. The molecule has 31 heavy (non-hydrogen) atoms. The first kappa shape index (κ1) is 23.1. The maximum Gasteiger partial charge on any atom is 0.338 e. The maximum atomic E-state index is 13.0. The van der Waals surface area contributed by atoms with Crippen molar-refractivity contribution in [1.29, 1.82) is 0 Å². The van der Waals surface area contributed by atoms with Gasteiger partial charge in [0.05, 0.1) is 24.3 Å². The Labute approximate surface area is 185 Å². The van der Waals surface area contributed by atoms with Crippen LogP contribution in [0.2, 0.25) is 0 Å². The number of nitrogens with zero attached hydrogens (tertiary/aromatic N) is 1. The molecule has 7 nitrogen and oxygen atoms in total. The fourth-order valence-electron chi connectivity index (χ4n) is 4.60. The molecule has 7 heteroatoms. The van der Waals surface area contributed by atoms with E-state index in [1.807, 2.05) is 38.1 Å². The van der Waals surface area contributed by atoms with Crippen molar-refractivity contribution in [2.75, 3.05) is 26.2 Å². The molecular weight excluding hydrogens is 394 g/mol. The highest BCUT2D eigenvalue weighted by Gasteiger charge is 2.35. The highest BCUT2D eigenvalue weighted by Crippen LogP contribution is 2.30. The number of carbonyl (C=O) groups is 2. The van der Waals surface area contributed by atoms with Crippen LogP contribution < -0.4 is 15.4 Å². The fourth-order valence-corrected chi connectivity index (χ4v) is 4.60. The molecule has 3 unspecified atom stereocenters. The molecule has 0 bridgehead atoms. The third-order valence-corrected chi connectivity index (χ3v) is 5.56. The quantitative estimate of drug-likeness (QED) is 0.647. The first-order valence-electron chi connectivity index (χ1n) is 11.2. The Morgan fingerprint density at radius 3 is 2.39 bits per heavy atom. The Morgan fingerprint density at radius 1 is 1.16 bits per heavy atom. The highest BCUT2D eigenvalue weighted by molar-refractivity contribution is 5.95. The van der Waals surface area contributed by atoms with Gasteiger partial charge in [0, 0.05) is 25.3 Å². The van der Waals surface area contributed by atoms with Crippen molar-refractivity contribution < 1.29 is 19.1 Å². The first-order chi connectivity index (χ1) is 14.8. The summed E-state index contributed by atoms with van der Waals surface area (Å²) in [4.78, 5) is 27.8. The lowest BCUT2D eigenvalue weighted by Crippen LogP contribution is -2.50. The summed E-state index contributed by atoms with van der Waals surface area (Å²) < 4.78 is 11.1. The van der Waals surface area contributed by atoms with Gasteiger partial charge in [-0.25, -0.2) is 9.59 Å². The van der Waals surface area contributed by atoms with Crippen LogP contribution in [0, 0.1) is 11.8 Å². The Hall–Kier alpha value is -2.54. The van der Waals surface area contributed by atoms with Gasteiger partial charge in [-0.2, -0.15) is 0 Å². The van der Waals surface area contributed by atoms with Gasteiger partial charge in [-0.1, -0.05) is 26.0 Å². The Bertz CT molecular complexity index is 809. The van der Waals surface area contributed by atoms with Gasteiger partial charge in [-0.05, 0) is 56.7 Å². The van der Waals surface area contributed by atoms with Crippen molar-refractivity contribution >= 4 is 12.0 Å². The molecule has 1 fully saturated rings. The fraction of sp³-hybridized carbons (Fsp3) is 0.583. The summed E-state index contributed by atoms with van der Waals surface area (Å²) in [6.07, 6.45) is 1.27. The number of amides is 2. The van der Waals surface area contributed by atoms with Crippen LogP contribution in [0.4, 0.5) is 4.79 Å². The van der Waals surface area contributed by atoms with Crippen molar-refractivity contribution in [1.82, 2.24) is 15.5 Å². The summed E-state index contributed by atoms with van der Waals surface area (Å²) >= 11 is 0. The lowest BCUT2D eigenvalue weighted by molar-refractivity contribution is -0.139. The zero-order valence-corrected chi connectivity index (χ0v) is 19.2. The molecule has 1 aromatic rings. The van der Waals surface area contributed by atoms with Crippen LogP contribution in [0.25, 0.3) is 0 Å². The van der Waals surface area contributed by atoms with E-state index < -0.39 is 12.0 Å². The first-order valence-corrected chi connectivity index (χ1v) is 11.2. The molecule has 2 amide bonds. The van der Waals surface area contributed by atoms with Gasteiger partial charge in [0.25, 0.3) is 0 Å². The minimum atomic E-state index is -0.574. The number of rotatable bonds is 7. The zero-order chi connectivity index (χ0) is 22.5. The van der Waals surface area contributed by atoms with Crippen LogP contribution >= 0.6 is 0 Å². The molecule has 3 atom stereocenters. The third kappa shape index (κ3) is 6.00. The van der Waals surface area contributed by atoms with Crippen molar-refractivity contribution in [3.05, 3.63) is 41.1 Å². The van der Waals surface area contributed by atoms with Gasteiger partial charge in [0.2, 0.25) is 0 Å². The monoisotopic (exact) mass is 429 g/mol. The topological polar surface area (TPSA) is 79.9 Å². The van der Waals surface area contributed by atoms with E-state index in [1.54, 1.807) is 6.92 Å². The number of esters is 1. The Kier molecular flexibility index (Phi) is 7.59. The molecule has 1 saturated heterocycles. The summed E-state index contributed by atoms with van der Waals surface area (Å²) in [5.41, 5.74) is 1.90. The van der Waals surface area contributed by atoms with Crippen LogP contribution in [0.1, 0.15) is 52.6 Å². The lowest BCUT2D eigenvalue weighted by atomic mass is 9.91. The number of hydrogen-bond donors (Lipinski definition) is 2. The van der Waals surface area contributed by atoms with Crippen molar-refractivity contribution in [3.8, 4) is 5.75 Å². The molecule has 1 aromatic carbocycles. The van der Waals surface area contributed by atoms with Gasteiger partial charge in [0.1, 0.15) is 5.75 Å². The van der Waals surface area contributed by atoms with Gasteiger partial charge >= 0.3 is 12.0 Å². The van der Waals surface area contributed by atoms with Gasteiger partial charge in [0.15, 0.2) is 0 Å². The number of urea groups is 1. The number of hydrogen-bond acceptors (Lipinski definition) is 5. The normalized spacial score (nSPS) is 24.6. The number of nitrogens with one attached hydrogen (secondary N) is 2. The molecule has 0 spiro atoms. The van der Waals surface area contributed by atoms with E-state index >= 15 is 0 Å². The van der Waals surface area contributed by atoms with Crippen molar-refractivity contribution in [2.45, 2.75) is 53.2 Å². The van der Waals surface area contributed by atoms with Crippen LogP contribution in [0.15, 0.2) is 35.5 Å². The van der Waals surface area contributed by atoms with Gasteiger partial charge in [-0.3, -0.25) is 4.90 Å². The molecule has 0 aromatic heterocycles. The van der Waals surface area contributed by atoms with Crippen LogP contribution in [0.3, 0.4) is 0 Å². The summed E-state index contributed by atoms with van der Waals surface area (Å²) in [6.45, 7) is 12.9. The molecule has 0 radical (unpaired) electrons. The van der Waals surface area contributed by atoms with E-state index in [2.05, 4.69) is 29.4 Å². The zero-order valence-electron chi connectivity index (χ0n) is 19.2. The molecule has 0 saturated carbocycles. The smallest absolute Gasteiger partial charge is 0.338 e. The summed E-state index contributed by atoms with van der Waals surface area (Å²) in [6, 6.07) is 6.61. The number of ether oxygens (including phenoxy) is 2. The molecule has 2 aliphatic heterocycles. The van der Waals surface area contributed by atoms with E-state index in [0.717, 1.165) is 24.4 Å². The average Bonchev–Trinajstić information content (AvgIpc) is 2.67. The van der Waals surface area contributed by atoms with E-state index in [1.165, 1.54) is 6.42 Å². The van der Waals surface area contributed by atoms with E-state index in [4.69, 9.17) is 9.47 Å². The van der Waals surface area contributed by atoms with Crippen LogP contribution in [-0.4, -0.2) is 49.2 Å². The second-order valence-corrected chi connectivity index (χ2v) is 9.02. The van der Waals surface area contributed by atoms with E-state index in [0.29, 0.717) is 29.7 Å². The van der Waals surface area contributed by atoms with Crippen molar-refractivity contribution in [3.63, 3.8) is 0 Å². The molecular formula is C24H35N3O4. The average molecular weight is 430 g/mol. The van der Waals surface area contributed by atoms with Crippen LogP contribution in [0.5, 0.6) is 5.75 Å². The molecule has 2 aliphatic rings. The summed E-state index contributed by atoms with van der Waals surface area (Å²) in [7, 11) is 0. The number of carbonyl (C=O) groups excluding carboxylic acids is 2. The summed E-state index contributed by atoms with van der Waals surface area (Å²) in [5.74, 6) is 1.50. The standard InChI is InChI=1S/C24H35N3O4/c1-6-30-23(28)21-20(14-27-12-16(4)11-17(5)13-27)25-24(29)26-22(21)18-7-9-19(10-8-18)31-15(2)3/h7-10,15-17,22H,6,11-14H2,1-5H3,(H2,25,26,29). The van der Waals surface area contributed by atoms with Gasteiger partial charge in [-0.15, -0.1) is 0 Å². The number of piperidine rings is 1. The second kappa shape index (κ2) is 10.2. The number of likely N-dealkylation sites (tertiary alicyclic amines) is 1. The largest absolute Gasteiger partial charge is 0.491 e. The molecule has 0 aliphatic carbocycles. The number of benzene rings is 1. The highest BCUT2D eigenvalue weighted by atomic mass is 16.5. The SMILES string of the molecule is CCOC(=O)C1=C(CN2CC(C)CC(C)C2)NC(=O)NC1c1ccc(OC(C)C)cc1.